The summed E-state index contributed by atoms with van der Waals surface area (Å²) in [5, 5.41) is 8.83. The van der Waals surface area contributed by atoms with Crippen LogP contribution in [-0.4, -0.2) is 40.8 Å². The molecule has 2 fully saturated rings. The van der Waals surface area contributed by atoms with Crippen molar-refractivity contribution in [2.75, 3.05) is 6.61 Å². The largest absolute Gasteiger partial charge is 0.481 e. The average molecular weight is 253 g/mol. The zero-order valence-electron chi connectivity index (χ0n) is 10.4. The number of piperidine rings is 1. The fourth-order valence-corrected chi connectivity index (χ4v) is 3.21. The lowest BCUT2D eigenvalue weighted by Crippen LogP contribution is -2.47. The van der Waals surface area contributed by atoms with Crippen molar-refractivity contribution in [2.24, 2.45) is 5.92 Å². The van der Waals surface area contributed by atoms with Crippen molar-refractivity contribution in [3.8, 4) is 0 Å². The molecule has 0 saturated carbocycles. The number of ether oxygens (including phenoxy) is 1. The van der Waals surface area contributed by atoms with E-state index in [0.717, 1.165) is 25.7 Å². The molecule has 2 aliphatic heterocycles. The maximum absolute atomic E-state index is 11.9. The molecule has 5 heteroatoms. The van der Waals surface area contributed by atoms with E-state index >= 15 is 0 Å². The third-order valence-corrected chi connectivity index (χ3v) is 3.83. The van der Waals surface area contributed by atoms with E-state index in [1.54, 1.807) is 6.08 Å². The van der Waals surface area contributed by atoms with Gasteiger partial charge in [0.15, 0.2) is 0 Å². The molecule has 100 valence electrons. The summed E-state index contributed by atoms with van der Waals surface area (Å²) in [6.07, 6.45) is 4.97. The fourth-order valence-electron chi connectivity index (χ4n) is 3.21. The van der Waals surface area contributed by atoms with Crippen molar-refractivity contribution in [3.05, 3.63) is 12.7 Å². The number of hydrogen-bond acceptors (Lipinski definition) is 3. The van der Waals surface area contributed by atoms with Gasteiger partial charge in [0, 0.05) is 18.5 Å². The van der Waals surface area contributed by atoms with Gasteiger partial charge in [0.1, 0.15) is 6.61 Å². The molecule has 2 bridgehead atoms. The van der Waals surface area contributed by atoms with Gasteiger partial charge in [-0.3, -0.25) is 4.79 Å². The predicted octanol–water partition coefficient (Wildman–Crippen LogP) is 2.03. The van der Waals surface area contributed by atoms with Crippen molar-refractivity contribution in [2.45, 2.75) is 44.2 Å². The van der Waals surface area contributed by atoms with Crippen LogP contribution in [0.15, 0.2) is 12.7 Å². The first kappa shape index (κ1) is 12.9. The Hall–Kier alpha value is -1.52. The Morgan fingerprint density at radius 2 is 1.94 bits per heavy atom. The first-order valence-corrected chi connectivity index (χ1v) is 6.39. The molecule has 2 unspecified atom stereocenters. The maximum Gasteiger partial charge on any atom is 0.410 e. The zero-order chi connectivity index (χ0) is 13.1. The monoisotopic (exact) mass is 253 g/mol. The molecule has 18 heavy (non-hydrogen) atoms. The van der Waals surface area contributed by atoms with Gasteiger partial charge in [0.05, 0.1) is 0 Å². The van der Waals surface area contributed by atoms with Gasteiger partial charge in [-0.25, -0.2) is 4.79 Å². The van der Waals surface area contributed by atoms with Gasteiger partial charge in [-0.2, -0.15) is 0 Å². The molecule has 0 aromatic rings. The van der Waals surface area contributed by atoms with Crippen molar-refractivity contribution >= 4 is 12.1 Å². The highest BCUT2D eigenvalue weighted by Crippen LogP contribution is 2.40. The highest BCUT2D eigenvalue weighted by atomic mass is 16.6. The first-order valence-electron chi connectivity index (χ1n) is 6.39. The molecule has 2 atom stereocenters. The van der Waals surface area contributed by atoms with Gasteiger partial charge in [-0.05, 0) is 31.6 Å². The van der Waals surface area contributed by atoms with E-state index in [1.807, 2.05) is 4.90 Å². The smallest absolute Gasteiger partial charge is 0.410 e. The number of fused-ring (bicyclic) bond motifs is 2. The van der Waals surface area contributed by atoms with Gasteiger partial charge in [-0.15, -0.1) is 0 Å². The Morgan fingerprint density at radius 3 is 2.44 bits per heavy atom. The Bertz CT molecular complexity index is 341. The van der Waals surface area contributed by atoms with Gasteiger partial charge in [0.2, 0.25) is 0 Å². The highest BCUT2D eigenvalue weighted by molar-refractivity contribution is 5.70. The van der Waals surface area contributed by atoms with Crippen molar-refractivity contribution in [3.63, 3.8) is 0 Å². The summed E-state index contributed by atoms with van der Waals surface area (Å²) in [7, 11) is 0. The van der Waals surface area contributed by atoms with Crippen LogP contribution < -0.4 is 0 Å². The van der Waals surface area contributed by atoms with Crippen LogP contribution in [0.25, 0.3) is 0 Å². The zero-order valence-corrected chi connectivity index (χ0v) is 10.4. The number of carbonyl (C=O) groups excluding carboxylic acids is 1. The Balaban J connectivity index is 1.95. The van der Waals surface area contributed by atoms with Gasteiger partial charge >= 0.3 is 12.1 Å². The van der Waals surface area contributed by atoms with E-state index in [2.05, 4.69) is 6.58 Å². The highest BCUT2D eigenvalue weighted by Gasteiger charge is 2.44. The van der Waals surface area contributed by atoms with E-state index in [9.17, 15) is 9.59 Å². The lowest BCUT2D eigenvalue weighted by atomic mass is 9.88. The number of nitrogens with zero attached hydrogens (tertiary/aromatic N) is 1. The molecule has 2 aliphatic rings. The summed E-state index contributed by atoms with van der Waals surface area (Å²) in [6, 6.07) is 0.316. The maximum atomic E-state index is 11.9. The molecular weight excluding hydrogens is 234 g/mol. The summed E-state index contributed by atoms with van der Waals surface area (Å²) in [6.45, 7) is 3.74. The van der Waals surface area contributed by atoms with E-state index < -0.39 is 5.97 Å². The summed E-state index contributed by atoms with van der Waals surface area (Å²) in [4.78, 5) is 24.4. The molecule has 0 aromatic heterocycles. The number of rotatable bonds is 4. The summed E-state index contributed by atoms with van der Waals surface area (Å²) >= 11 is 0. The van der Waals surface area contributed by atoms with Gasteiger partial charge in [-0.1, -0.05) is 12.7 Å². The molecule has 0 spiro atoms. The number of carbonyl (C=O) groups is 2. The molecule has 2 heterocycles. The second-order valence-corrected chi connectivity index (χ2v) is 5.09. The summed E-state index contributed by atoms with van der Waals surface area (Å²) in [5.74, 6) is -0.550. The van der Waals surface area contributed by atoms with E-state index in [0.29, 0.717) is 0 Å². The second-order valence-electron chi connectivity index (χ2n) is 5.09. The second kappa shape index (κ2) is 5.42. The van der Waals surface area contributed by atoms with Crippen LogP contribution in [0, 0.1) is 5.92 Å². The number of carboxylic acid groups (broad SMARTS) is 1. The lowest BCUT2D eigenvalue weighted by molar-refractivity contribution is -0.138. The minimum atomic E-state index is -0.748. The Labute approximate surface area is 106 Å². The minimum absolute atomic E-state index is 0.158. The number of aliphatic carboxylic acids is 1. The quantitative estimate of drug-likeness (QED) is 0.778. The molecular formula is C13H19NO4. The van der Waals surface area contributed by atoms with Crippen molar-refractivity contribution < 1.29 is 19.4 Å². The normalized spacial score (nSPS) is 30.0. The van der Waals surface area contributed by atoms with Gasteiger partial charge in [0.25, 0.3) is 0 Å². The molecule has 0 aliphatic carbocycles. The minimum Gasteiger partial charge on any atom is -0.481 e. The van der Waals surface area contributed by atoms with Crippen LogP contribution in [0.3, 0.4) is 0 Å². The Morgan fingerprint density at radius 1 is 1.33 bits per heavy atom. The molecule has 5 nitrogen and oxygen atoms in total. The molecule has 1 amide bonds. The SMILES string of the molecule is C=CCOC(=O)N1C2CCC1CC(CC(=O)O)C2. The Kier molecular flexibility index (Phi) is 3.89. The number of hydrogen-bond donors (Lipinski definition) is 1. The average Bonchev–Trinajstić information content (AvgIpc) is 2.57. The molecule has 1 N–H and O–H groups in total. The predicted molar refractivity (Wildman–Crippen MR) is 65.2 cm³/mol. The summed E-state index contributed by atoms with van der Waals surface area (Å²) in [5.41, 5.74) is 0. The topological polar surface area (TPSA) is 66.8 Å². The van der Waals surface area contributed by atoms with E-state index in [4.69, 9.17) is 9.84 Å². The third-order valence-electron chi connectivity index (χ3n) is 3.83. The fraction of sp³-hybridized carbons (Fsp3) is 0.692. The van der Waals surface area contributed by atoms with Crippen LogP contribution in [0.4, 0.5) is 4.79 Å². The standard InChI is InChI=1S/C13H19NO4/c1-2-5-18-13(17)14-10-3-4-11(14)7-9(6-10)8-12(15)16/h2,9-11H,1,3-8H2,(H,15,16). The van der Waals surface area contributed by atoms with Crippen molar-refractivity contribution in [1.29, 1.82) is 0 Å². The van der Waals surface area contributed by atoms with Crippen LogP contribution in [0.2, 0.25) is 0 Å². The van der Waals surface area contributed by atoms with Gasteiger partial charge < -0.3 is 14.7 Å². The third kappa shape index (κ3) is 2.66. The van der Waals surface area contributed by atoms with Crippen LogP contribution in [0.1, 0.15) is 32.1 Å². The summed E-state index contributed by atoms with van der Waals surface area (Å²) < 4.78 is 5.08. The molecule has 0 radical (unpaired) electrons. The van der Waals surface area contributed by atoms with Crippen LogP contribution >= 0.6 is 0 Å². The molecule has 2 rings (SSSR count). The first-order chi connectivity index (χ1) is 8.61. The van der Waals surface area contributed by atoms with E-state index in [1.165, 1.54) is 0 Å². The molecule has 0 aromatic carbocycles. The number of amides is 1. The molecule has 2 saturated heterocycles. The number of carboxylic acids is 1. The van der Waals surface area contributed by atoms with Crippen LogP contribution in [0.5, 0.6) is 0 Å². The van der Waals surface area contributed by atoms with Crippen molar-refractivity contribution in [1.82, 2.24) is 4.90 Å². The van der Waals surface area contributed by atoms with Crippen LogP contribution in [-0.2, 0) is 9.53 Å². The lowest BCUT2D eigenvalue weighted by Gasteiger charge is -2.37. The van der Waals surface area contributed by atoms with E-state index in [-0.39, 0.29) is 37.1 Å².